The third-order valence-electron chi connectivity index (χ3n) is 2.89. The van der Waals surface area contributed by atoms with E-state index >= 15 is 0 Å². The van der Waals surface area contributed by atoms with Gasteiger partial charge in [-0.15, -0.1) is 24.2 Å². The predicted octanol–water partition coefficient (Wildman–Crippen LogP) is 3.82. The molecule has 0 unspecified atom stereocenters. The number of nitrogens with zero attached hydrogens (tertiary/aromatic N) is 2. The lowest BCUT2D eigenvalue weighted by molar-refractivity contribution is 0.285. The van der Waals surface area contributed by atoms with Crippen molar-refractivity contribution in [2.45, 2.75) is 19.3 Å². The summed E-state index contributed by atoms with van der Waals surface area (Å²) >= 11 is 5.39. The van der Waals surface area contributed by atoms with Gasteiger partial charge in [-0.3, -0.25) is 4.90 Å². The molecule has 3 nitrogen and oxygen atoms in total. The fourth-order valence-corrected chi connectivity index (χ4v) is 3.13. The van der Waals surface area contributed by atoms with E-state index in [2.05, 4.69) is 25.8 Å². The Morgan fingerprint density at radius 3 is 2.89 bits per heavy atom. The van der Waals surface area contributed by atoms with E-state index in [1.807, 2.05) is 23.9 Å². The molecular weight excluding hydrogens is 348 g/mol. The van der Waals surface area contributed by atoms with Gasteiger partial charge in [-0.1, -0.05) is 0 Å². The maximum Gasteiger partial charge on any atom is 0.213 e. The minimum absolute atomic E-state index is 0. The average molecular weight is 368 g/mol. The second-order valence-corrected chi connectivity index (χ2v) is 6.37. The molecule has 1 aliphatic rings. The van der Waals surface area contributed by atoms with Gasteiger partial charge in [-0.25, -0.2) is 4.98 Å². The minimum atomic E-state index is 0. The SMILES string of the molecule is Brc1ccc(OCCCCCN2CCSC2)nc1.Cl. The van der Waals surface area contributed by atoms with Crippen LogP contribution in [-0.2, 0) is 0 Å². The number of hydrogen-bond donors (Lipinski definition) is 0. The van der Waals surface area contributed by atoms with Gasteiger partial charge < -0.3 is 4.74 Å². The van der Waals surface area contributed by atoms with E-state index < -0.39 is 0 Å². The van der Waals surface area contributed by atoms with Crippen LogP contribution in [0.2, 0.25) is 0 Å². The van der Waals surface area contributed by atoms with Crippen molar-refractivity contribution in [2.75, 3.05) is 31.3 Å². The molecule has 0 amide bonds. The van der Waals surface area contributed by atoms with E-state index in [-0.39, 0.29) is 12.4 Å². The van der Waals surface area contributed by atoms with Crippen molar-refractivity contribution in [3.63, 3.8) is 0 Å². The molecule has 1 fully saturated rings. The Morgan fingerprint density at radius 2 is 2.21 bits per heavy atom. The van der Waals surface area contributed by atoms with Crippen LogP contribution in [0.4, 0.5) is 0 Å². The van der Waals surface area contributed by atoms with E-state index in [0.717, 1.165) is 17.5 Å². The first kappa shape index (κ1) is 17.1. The highest BCUT2D eigenvalue weighted by atomic mass is 79.9. The Morgan fingerprint density at radius 1 is 1.32 bits per heavy atom. The lowest BCUT2D eigenvalue weighted by Crippen LogP contribution is -2.20. The van der Waals surface area contributed by atoms with E-state index in [0.29, 0.717) is 5.88 Å². The molecule has 1 saturated heterocycles. The molecule has 2 rings (SSSR count). The van der Waals surface area contributed by atoms with Crippen LogP contribution in [0.3, 0.4) is 0 Å². The van der Waals surface area contributed by atoms with Crippen molar-refractivity contribution in [1.29, 1.82) is 0 Å². The Hall–Kier alpha value is 0.0300. The monoisotopic (exact) mass is 366 g/mol. The molecule has 6 heteroatoms. The van der Waals surface area contributed by atoms with Gasteiger partial charge in [0.05, 0.1) is 6.61 Å². The van der Waals surface area contributed by atoms with Crippen molar-refractivity contribution in [2.24, 2.45) is 0 Å². The van der Waals surface area contributed by atoms with Crippen LogP contribution in [0.1, 0.15) is 19.3 Å². The number of aromatic nitrogens is 1. The summed E-state index contributed by atoms with van der Waals surface area (Å²) in [6, 6.07) is 3.85. The van der Waals surface area contributed by atoms with Crippen molar-refractivity contribution >= 4 is 40.1 Å². The molecule has 1 aromatic heterocycles. The largest absolute Gasteiger partial charge is 0.478 e. The molecule has 0 radical (unpaired) electrons. The fourth-order valence-electron chi connectivity index (χ4n) is 1.87. The first-order valence-electron chi connectivity index (χ1n) is 6.39. The Balaban J connectivity index is 0.00000180. The standard InChI is InChI=1S/C13H19BrN2OS.ClH/c14-12-4-5-13(15-10-12)17-8-3-1-2-6-16-7-9-18-11-16;/h4-5,10H,1-3,6-9,11H2;1H. The molecule has 0 aromatic carbocycles. The molecule has 0 spiro atoms. The molecule has 1 aliphatic heterocycles. The quantitative estimate of drug-likeness (QED) is 0.684. The number of rotatable bonds is 7. The third kappa shape index (κ3) is 6.84. The second-order valence-electron chi connectivity index (χ2n) is 4.38. The number of thioether (sulfide) groups is 1. The van der Waals surface area contributed by atoms with Crippen LogP contribution in [0.25, 0.3) is 0 Å². The number of halogens is 2. The number of unbranched alkanes of at least 4 members (excludes halogenated alkanes) is 2. The van der Waals surface area contributed by atoms with Gasteiger partial charge in [0, 0.05) is 34.9 Å². The van der Waals surface area contributed by atoms with E-state index in [4.69, 9.17) is 4.74 Å². The van der Waals surface area contributed by atoms with Gasteiger partial charge in [0.15, 0.2) is 0 Å². The number of hydrogen-bond acceptors (Lipinski definition) is 4. The summed E-state index contributed by atoms with van der Waals surface area (Å²) in [5, 5.41) is 0. The number of ether oxygens (including phenoxy) is 1. The Kier molecular flexibility index (Phi) is 8.86. The van der Waals surface area contributed by atoms with Gasteiger partial charge in [-0.2, -0.15) is 0 Å². The number of pyridine rings is 1. The summed E-state index contributed by atoms with van der Waals surface area (Å²) in [6.07, 6.45) is 5.38. The summed E-state index contributed by atoms with van der Waals surface area (Å²) in [5.74, 6) is 3.24. The Labute approximate surface area is 134 Å². The molecule has 2 heterocycles. The molecule has 0 atom stereocenters. The van der Waals surface area contributed by atoms with Gasteiger partial charge in [0.2, 0.25) is 5.88 Å². The van der Waals surface area contributed by atoms with Crippen LogP contribution in [0.5, 0.6) is 5.88 Å². The zero-order chi connectivity index (χ0) is 12.6. The molecule has 108 valence electrons. The molecule has 19 heavy (non-hydrogen) atoms. The van der Waals surface area contributed by atoms with Crippen molar-refractivity contribution in [3.05, 3.63) is 22.8 Å². The van der Waals surface area contributed by atoms with E-state index in [1.165, 1.54) is 37.6 Å². The normalized spacial score (nSPS) is 15.2. The summed E-state index contributed by atoms with van der Waals surface area (Å²) in [6.45, 7) is 3.27. The predicted molar refractivity (Wildman–Crippen MR) is 87.4 cm³/mol. The highest BCUT2D eigenvalue weighted by Crippen LogP contribution is 2.14. The average Bonchev–Trinajstić information content (AvgIpc) is 2.89. The lowest BCUT2D eigenvalue weighted by atomic mass is 10.2. The lowest BCUT2D eigenvalue weighted by Gasteiger charge is -2.12. The summed E-state index contributed by atoms with van der Waals surface area (Å²) < 4.78 is 6.57. The zero-order valence-corrected chi connectivity index (χ0v) is 14.1. The summed E-state index contributed by atoms with van der Waals surface area (Å²) in [5.41, 5.74) is 0. The van der Waals surface area contributed by atoms with E-state index in [1.54, 1.807) is 6.20 Å². The van der Waals surface area contributed by atoms with Gasteiger partial charge >= 0.3 is 0 Å². The van der Waals surface area contributed by atoms with Crippen LogP contribution in [-0.4, -0.2) is 41.2 Å². The van der Waals surface area contributed by atoms with Crippen LogP contribution >= 0.6 is 40.1 Å². The van der Waals surface area contributed by atoms with Crippen LogP contribution in [0.15, 0.2) is 22.8 Å². The molecule has 0 N–H and O–H groups in total. The Bertz CT molecular complexity index is 347. The maximum absolute atomic E-state index is 5.58. The third-order valence-corrected chi connectivity index (χ3v) is 4.38. The summed E-state index contributed by atoms with van der Waals surface area (Å²) in [7, 11) is 0. The van der Waals surface area contributed by atoms with Gasteiger partial charge in [0.1, 0.15) is 0 Å². The van der Waals surface area contributed by atoms with Crippen molar-refractivity contribution in [3.8, 4) is 5.88 Å². The van der Waals surface area contributed by atoms with Crippen LogP contribution in [0, 0.1) is 0 Å². The fraction of sp³-hybridized carbons (Fsp3) is 0.615. The molecule has 1 aromatic rings. The smallest absolute Gasteiger partial charge is 0.213 e. The van der Waals surface area contributed by atoms with Crippen LogP contribution < -0.4 is 4.74 Å². The first-order chi connectivity index (χ1) is 8.84. The zero-order valence-electron chi connectivity index (χ0n) is 10.9. The highest BCUT2D eigenvalue weighted by molar-refractivity contribution is 9.10. The highest BCUT2D eigenvalue weighted by Gasteiger charge is 2.10. The minimum Gasteiger partial charge on any atom is -0.478 e. The van der Waals surface area contributed by atoms with Crippen molar-refractivity contribution < 1.29 is 4.74 Å². The van der Waals surface area contributed by atoms with Gasteiger partial charge in [-0.05, 0) is 47.8 Å². The molecule has 0 bridgehead atoms. The van der Waals surface area contributed by atoms with E-state index in [9.17, 15) is 0 Å². The van der Waals surface area contributed by atoms with Gasteiger partial charge in [0.25, 0.3) is 0 Å². The topological polar surface area (TPSA) is 25.4 Å². The van der Waals surface area contributed by atoms with Crippen molar-refractivity contribution in [1.82, 2.24) is 9.88 Å². The first-order valence-corrected chi connectivity index (χ1v) is 8.34. The summed E-state index contributed by atoms with van der Waals surface area (Å²) in [4.78, 5) is 6.71. The molecular formula is C13H20BrClN2OS. The maximum atomic E-state index is 5.58. The molecule has 0 aliphatic carbocycles. The molecule has 0 saturated carbocycles. The second kappa shape index (κ2) is 9.86.